The zero-order chi connectivity index (χ0) is 29.3. The summed E-state index contributed by atoms with van der Waals surface area (Å²) < 4.78 is 29.0. The molecule has 0 spiro atoms. The van der Waals surface area contributed by atoms with Crippen LogP contribution in [0.25, 0.3) is 0 Å². The summed E-state index contributed by atoms with van der Waals surface area (Å²) in [6.07, 6.45) is 2.12. The van der Waals surface area contributed by atoms with E-state index in [0.717, 1.165) is 28.3 Å². The van der Waals surface area contributed by atoms with E-state index in [4.69, 9.17) is 11.6 Å². The normalized spacial score (nSPS) is 12.0. The van der Waals surface area contributed by atoms with Crippen molar-refractivity contribution in [1.82, 2.24) is 10.2 Å². The van der Waals surface area contributed by atoms with Crippen LogP contribution in [0.1, 0.15) is 49.8 Å². The summed E-state index contributed by atoms with van der Waals surface area (Å²) in [4.78, 5) is 28.9. The van der Waals surface area contributed by atoms with Gasteiger partial charge < -0.3 is 10.2 Å². The van der Waals surface area contributed by atoms with Gasteiger partial charge in [-0.15, -0.1) is 0 Å². The molecule has 0 aliphatic heterocycles. The molecule has 3 rings (SSSR count). The van der Waals surface area contributed by atoms with Crippen LogP contribution in [0.2, 0.25) is 5.02 Å². The highest BCUT2D eigenvalue weighted by Gasteiger charge is 2.34. The van der Waals surface area contributed by atoms with Crippen LogP contribution in [-0.4, -0.2) is 44.3 Å². The number of nitrogens with one attached hydrogen (secondary N) is 1. The second-order valence-corrected chi connectivity index (χ2v) is 12.1. The van der Waals surface area contributed by atoms with Crippen molar-refractivity contribution >= 4 is 39.1 Å². The molecule has 40 heavy (non-hydrogen) atoms. The maximum atomic E-state index is 14.1. The molecule has 1 atom stereocenters. The van der Waals surface area contributed by atoms with Crippen LogP contribution in [0.4, 0.5) is 5.69 Å². The van der Waals surface area contributed by atoms with E-state index in [0.29, 0.717) is 29.2 Å². The number of unbranched alkanes of at least 4 members (excludes halogenated alkanes) is 1. The molecule has 0 aliphatic rings. The molecule has 7 nitrogen and oxygen atoms in total. The first-order chi connectivity index (χ1) is 19.1. The molecule has 0 saturated heterocycles. The minimum Gasteiger partial charge on any atom is -0.354 e. The van der Waals surface area contributed by atoms with Crippen molar-refractivity contribution in [3.63, 3.8) is 0 Å². The SMILES string of the molecule is CCCCNC(=O)[C@H](CC)N(Cc1cccc(C)c1)C(=O)CN(c1cccc(Cl)c1C)S(=O)(=O)c1ccccc1. The maximum absolute atomic E-state index is 14.1. The lowest BCUT2D eigenvalue weighted by molar-refractivity contribution is -0.140. The molecule has 0 aromatic heterocycles. The summed E-state index contributed by atoms with van der Waals surface area (Å²) in [6.45, 7) is 7.74. The zero-order valence-electron chi connectivity index (χ0n) is 23.6. The van der Waals surface area contributed by atoms with Gasteiger partial charge >= 0.3 is 0 Å². The lowest BCUT2D eigenvalue weighted by atomic mass is 10.1. The molecule has 0 aliphatic carbocycles. The molecule has 0 heterocycles. The topological polar surface area (TPSA) is 86.8 Å². The predicted octanol–water partition coefficient (Wildman–Crippen LogP) is 5.88. The summed E-state index contributed by atoms with van der Waals surface area (Å²) in [5.74, 6) is -0.744. The van der Waals surface area contributed by atoms with Crippen molar-refractivity contribution in [2.45, 2.75) is 64.4 Å². The third-order valence-electron chi connectivity index (χ3n) is 6.77. The molecular formula is C31H38ClN3O4S. The quantitative estimate of drug-likeness (QED) is 0.255. The minimum absolute atomic E-state index is 0.0526. The molecule has 0 saturated carbocycles. The van der Waals surface area contributed by atoms with Crippen molar-refractivity contribution in [3.8, 4) is 0 Å². The summed E-state index contributed by atoms with van der Waals surface area (Å²) in [5.41, 5.74) is 2.71. The van der Waals surface area contributed by atoms with Crippen molar-refractivity contribution in [2.24, 2.45) is 0 Å². The van der Waals surface area contributed by atoms with Gasteiger partial charge in [0.1, 0.15) is 12.6 Å². The average molecular weight is 584 g/mol. The Morgan fingerprint density at radius 1 is 0.950 bits per heavy atom. The van der Waals surface area contributed by atoms with Crippen molar-refractivity contribution in [2.75, 3.05) is 17.4 Å². The monoisotopic (exact) mass is 583 g/mol. The lowest BCUT2D eigenvalue weighted by Gasteiger charge is -2.33. The number of anilines is 1. The molecule has 0 fully saturated rings. The fraction of sp³-hybridized carbons (Fsp3) is 0.355. The summed E-state index contributed by atoms with van der Waals surface area (Å²) >= 11 is 6.38. The Labute approximate surface area is 243 Å². The first kappa shape index (κ1) is 31.2. The molecule has 3 aromatic rings. The van der Waals surface area contributed by atoms with Crippen LogP contribution in [-0.2, 0) is 26.2 Å². The number of carbonyl (C=O) groups is 2. The fourth-order valence-corrected chi connectivity index (χ4v) is 6.19. The van der Waals surface area contributed by atoms with E-state index in [2.05, 4.69) is 5.32 Å². The zero-order valence-corrected chi connectivity index (χ0v) is 25.1. The van der Waals surface area contributed by atoms with Crippen molar-refractivity contribution in [3.05, 3.63) is 94.5 Å². The Hall–Kier alpha value is -3.36. The van der Waals surface area contributed by atoms with Gasteiger partial charge in [-0.2, -0.15) is 0 Å². The van der Waals surface area contributed by atoms with Gasteiger partial charge in [-0.1, -0.05) is 86.0 Å². The van der Waals surface area contributed by atoms with Gasteiger partial charge in [0.2, 0.25) is 11.8 Å². The maximum Gasteiger partial charge on any atom is 0.264 e. The van der Waals surface area contributed by atoms with E-state index in [1.54, 1.807) is 43.3 Å². The first-order valence-corrected chi connectivity index (χ1v) is 15.4. The standard InChI is InChI=1S/C31H38ClN3O4S/c1-5-7-19-33-31(37)28(6-2)34(21-25-14-11-13-23(3)20-25)30(36)22-35(29-18-12-17-27(32)24(29)4)40(38,39)26-15-9-8-10-16-26/h8-18,20,28H,5-7,19,21-22H2,1-4H3,(H,33,37)/t28-/m0/s1. The molecule has 1 N–H and O–H groups in total. The second kappa shape index (κ2) is 14.3. The summed E-state index contributed by atoms with van der Waals surface area (Å²) in [7, 11) is -4.15. The van der Waals surface area contributed by atoms with Gasteiger partial charge in [-0.05, 0) is 62.1 Å². The second-order valence-electron chi connectivity index (χ2n) is 9.79. The van der Waals surface area contributed by atoms with E-state index in [1.807, 2.05) is 45.0 Å². The molecule has 0 unspecified atom stereocenters. The van der Waals surface area contributed by atoms with Gasteiger partial charge in [0.15, 0.2) is 0 Å². The van der Waals surface area contributed by atoms with Crippen molar-refractivity contribution in [1.29, 1.82) is 0 Å². The van der Waals surface area contributed by atoms with Gasteiger partial charge in [0.25, 0.3) is 10.0 Å². The Balaban J connectivity index is 2.07. The fourth-order valence-electron chi connectivity index (χ4n) is 4.53. The van der Waals surface area contributed by atoms with Crippen molar-refractivity contribution < 1.29 is 18.0 Å². The molecule has 0 radical (unpaired) electrons. The Morgan fingerprint density at radius 3 is 2.30 bits per heavy atom. The van der Waals surface area contributed by atoms with Crippen LogP contribution >= 0.6 is 11.6 Å². The summed E-state index contributed by atoms with van der Waals surface area (Å²) in [6, 6.07) is 19.9. The number of hydrogen-bond donors (Lipinski definition) is 1. The Morgan fingerprint density at radius 2 is 1.65 bits per heavy atom. The van der Waals surface area contributed by atoms with Crippen LogP contribution in [0.15, 0.2) is 77.7 Å². The molecule has 3 aromatic carbocycles. The smallest absolute Gasteiger partial charge is 0.264 e. The van der Waals surface area contributed by atoms with E-state index >= 15 is 0 Å². The Bertz CT molecular complexity index is 1410. The molecule has 9 heteroatoms. The number of carbonyl (C=O) groups excluding carboxylic acids is 2. The Kier molecular flexibility index (Phi) is 11.2. The van der Waals surface area contributed by atoms with E-state index in [1.165, 1.54) is 17.0 Å². The number of amides is 2. The predicted molar refractivity (Wildman–Crippen MR) is 161 cm³/mol. The third-order valence-corrected chi connectivity index (χ3v) is 8.95. The largest absolute Gasteiger partial charge is 0.354 e. The molecule has 2 amide bonds. The number of benzene rings is 3. The van der Waals surface area contributed by atoms with E-state index in [9.17, 15) is 18.0 Å². The average Bonchev–Trinajstić information content (AvgIpc) is 2.94. The molecule has 214 valence electrons. The van der Waals surface area contributed by atoms with Crippen LogP contribution in [0.3, 0.4) is 0 Å². The summed E-state index contributed by atoms with van der Waals surface area (Å²) in [5, 5.41) is 3.33. The van der Waals surface area contributed by atoms with E-state index < -0.39 is 28.5 Å². The highest BCUT2D eigenvalue weighted by Crippen LogP contribution is 2.31. The number of halogens is 1. The minimum atomic E-state index is -4.15. The number of sulfonamides is 1. The van der Waals surface area contributed by atoms with Gasteiger partial charge in [-0.3, -0.25) is 13.9 Å². The highest BCUT2D eigenvalue weighted by atomic mass is 35.5. The van der Waals surface area contributed by atoms with Gasteiger partial charge in [-0.25, -0.2) is 8.42 Å². The van der Waals surface area contributed by atoms with Gasteiger partial charge in [0, 0.05) is 18.1 Å². The number of hydrogen-bond acceptors (Lipinski definition) is 4. The van der Waals surface area contributed by atoms with Crippen LogP contribution < -0.4 is 9.62 Å². The molecule has 0 bridgehead atoms. The molecular weight excluding hydrogens is 546 g/mol. The van der Waals surface area contributed by atoms with Crippen LogP contribution in [0, 0.1) is 13.8 Å². The van der Waals surface area contributed by atoms with Gasteiger partial charge in [0.05, 0.1) is 10.6 Å². The lowest BCUT2D eigenvalue weighted by Crippen LogP contribution is -2.52. The van der Waals surface area contributed by atoms with E-state index in [-0.39, 0.29) is 17.3 Å². The number of rotatable bonds is 13. The number of aryl methyl sites for hydroxylation is 1. The first-order valence-electron chi connectivity index (χ1n) is 13.6. The third kappa shape index (κ3) is 7.64. The highest BCUT2D eigenvalue weighted by molar-refractivity contribution is 7.92. The number of nitrogens with zero attached hydrogens (tertiary/aromatic N) is 2. The van der Waals surface area contributed by atoms with Crippen LogP contribution in [0.5, 0.6) is 0 Å².